The molecule has 0 aromatic heterocycles. The van der Waals surface area contributed by atoms with Crippen molar-refractivity contribution in [3.8, 4) is 0 Å². The van der Waals surface area contributed by atoms with Crippen LogP contribution in [0.4, 0.5) is 5.69 Å². The zero-order valence-corrected chi connectivity index (χ0v) is 14.1. The molecule has 23 heavy (non-hydrogen) atoms. The lowest BCUT2D eigenvalue weighted by molar-refractivity contribution is 0.0243. The maximum atomic E-state index is 12.8. The molecule has 1 aromatic carbocycles. The first-order valence-electron chi connectivity index (χ1n) is 8.53. The number of hydrogen-bond acceptors (Lipinski definition) is 4. The lowest BCUT2D eigenvalue weighted by atomic mass is 10.0. The van der Waals surface area contributed by atoms with E-state index in [4.69, 9.17) is 10.5 Å². The van der Waals surface area contributed by atoms with Crippen LogP contribution in [0.15, 0.2) is 24.3 Å². The van der Waals surface area contributed by atoms with E-state index < -0.39 is 0 Å². The number of nitrogen functional groups attached to an aromatic ring is 1. The van der Waals surface area contributed by atoms with Crippen molar-refractivity contribution in [2.24, 2.45) is 5.92 Å². The van der Waals surface area contributed by atoms with Gasteiger partial charge in [-0.3, -0.25) is 9.69 Å². The van der Waals surface area contributed by atoms with Crippen molar-refractivity contribution in [2.45, 2.75) is 32.4 Å². The molecule has 1 aromatic rings. The summed E-state index contributed by atoms with van der Waals surface area (Å²) in [5, 5.41) is 0. The molecule has 0 radical (unpaired) electrons. The Morgan fingerprint density at radius 1 is 1.22 bits per heavy atom. The molecule has 3 rings (SSSR count). The molecule has 3 atom stereocenters. The minimum Gasteiger partial charge on any atom is -0.399 e. The van der Waals surface area contributed by atoms with Gasteiger partial charge < -0.3 is 15.4 Å². The highest BCUT2D eigenvalue weighted by Crippen LogP contribution is 2.22. The Morgan fingerprint density at radius 3 is 2.43 bits per heavy atom. The van der Waals surface area contributed by atoms with Crippen molar-refractivity contribution in [2.75, 3.05) is 38.6 Å². The van der Waals surface area contributed by atoms with Crippen LogP contribution in [-0.4, -0.2) is 60.6 Å². The van der Waals surface area contributed by atoms with E-state index in [1.807, 2.05) is 17.0 Å². The van der Waals surface area contributed by atoms with Crippen molar-refractivity contribution in [1.29, 1.82) is 0 Å². The van der Waals surface area contributed by atoms with Crippen LogP contribution in [0, 0.1) is 5.92 Å². The van der Waals surface area contributed by atoms with Crippen molar-refractivity contribution >= 4 is 11.6 Å². The normalized spacial score (nSPS) is 29.0. The van der Waals surface area contributed by atoms with Crippen LogP contribution in [-0.2, 0) is 4.74 Å². The van der Waals surface area contributed by atoms with E-state index in [0.29, 0.717) is 11.6 Å². The van der Waals surface area contributed by atoms with Crippen LogP contribution in [0.5, 0.6) is 0 Å². The minimum atomic E-state index is 0.105. The van der Waals surface area contributed by atoms with E-state index in [9.17, 15) is 4.79 Å². The predicted octanol–water partition coefficient (Wildman–Crippen LogP) is 1.84. The van der Waals surface area contributed by atoms with Gasteiger partial charge >= 0.3 is 0 Å². The zero-order chi connectivity index (χ0) is 16.4. The molecule has 0 spiro atoms. The molecule has 2 saturated heterocycles. The molecule has 2 aliphatic rings. The first kappa shape index (κ1) is 16.3. The van der Waals surface area contributed by atoms with Crippen LogP contribution in [0.25, 0.3) is 0 Å². The number of ether oxygens (including phenoxy) is 1. The Bertz CT molecular complexity index is 528. The Hall–Kier alpha value is -1.59. The topological polar surface area (TPSA) is 58.8 Å². The molecular weight excluding hydrogens is 290 g/mol. The Balaban J connectivity index is 1.64. The van der Waals surface area contributed by atoms with E-state index in [1.165, 1.54) is 0 Å². The monoisotopic (exact) mass is 317 g/mol. The molecule has 0 saturated carbocycles. The maximum absolute atomic E-state index is 12.8. The van der Waals surface area contributed by atoms with E-state index in [1.54, 1.807) is 12.1 Å². The number of rotatable bonds is 3. The van der Waals surface area contributed by atoms with Crippen LogP contribution < -0.4 is 5.73 Å². The number of piperazine rings is 1. The van der Waals surface area contributed by atoms with Gasteiger partial charge in [0.05, 0.1) is 6.61 Å². The molecule has 5 nitrogen and oxygen atoms in total. The van der Waals surface area contributed by atoms with Crippen molar-refractivity contribution in [3.05, 3.63) is 29.8 Å². The van der Waals surface area contributed by atoms with Gasteiger partial charge in [-0.25, -0.2) is 0 Å². The molecule has 2 N–H and O–H groups in total. The number of nitrogens with zero attached hydrogens (tertiary/aromatic N) is 2. The fraction of sp³-hybridized carbons (Fsp3) is 0.611. The smallest absolute Gasteiger partial charge is 0.254 e. The number of carbonyl (C=O) groups is 1. The average Bonchev–Trinajstić information content (AvgIpc) is 3.00. The molecule has 126 valence electrons. The molecule has 2 heterocycles. The van der Waals surface area contributed by atoms with Crippen molar-refractivity contribution in [1.82, 2.24) is 9.80 Å². The SMILES string of the molecule is CC1CN(CC2CCOC2)CC(C)N1C(=O)c1ccc(N)cc1. The standard InChI is InChI=1S/C18H27N3O2/c1-13-9-20(11-15-7-8-23-12-15)10-14(2)21(13)18(22)16-3-5-17(19)6-4-16/h3-6,13-15H,7-12,19H2,1-2H3. The number of amides is 1. The second-order valence-corrected chi connectivity index (χ2v) is 6.98. The van der Waals surface area contributed by atoms with Gasteiger partial charge in [0, 0.05) is 49.6 Å². The predicted molar refractivity (Wildman–Crippen MR) is 91.3 cm³/mol. The molecule has 2 aliphatic heterocycles. The van der Waals surface area contributed by atoms with Gasteiger partial charge in [-0.05, 0) is 50.5 Å². The van der Waals surface area contributed by atoms with Gasteiger partial charge in [0.15, 0.2) is 0 Å². The van der Waals surface area contributed by atoms with Crippen LogP contribution >= 0.6 is 0 Å². The molecule has 1 amide bonds. The summed E-state index contributed by atoms with van der Waals surface area (Å²) in [6.07, 6.45) is 1.16. The summed E-state index contributed by atoms with van der Waals surface area (Å²) >= 11 is 0. The molecule has 0 aliphatic carbocycles. The third-order valence-electron chi connectivity index (χ3n) is 4.93. The fourth-order valence-corrected chi connectivity index (χ4v) is 3.85. The number of benzene rings is 1. The summed E-state index contributed by atoms with van der Waals surface area (Å²) < 4.78 is 5.48. The van der Waals surface area contributed by atoms with Gasteiger partial charge in [0.1, 0.15) is 0 Å². The van der Waals surface area contributed by atoms with E-state index >= 15 is 0 Å². The largest absolute Gasteiger partial charge is 0.399 e. The van der Waals surface area contributed by atoms with Crippen LogP contribution in [0.2, 0.25) is 0 Å². The highest BCUT2D eigenvalue weighted by atomic mass is 16.5. The molecule has 0 bridgehead atoms. The van der Waals surface area contributed by atoms with Gasteiger partial charge in [-0.2, -0.15) is 0 Å². The van der Waals surface area contributed by atoms with E-state index in [2.05, 4.69) is 18.7 Å². The van der Waals surface area contributed by atoms with E-state index in [0.717, 1.165) is 44.8 Å². The Morgan fingerprint density at radius 2 is 1.87 bits per heavy atom. The first-order valence-corrected chi connectivity index (χ1v) is 8.53. The number of anilines is 1. The lowest BCUT2D eigenvalue weighted by Gasteiger charge is -2.45. The van der Waals surface area contributed by atoms with Crippen LogP contribution in [0.3, 0.4) is 0 Å². The summed E-state index contributed by atoms with van der Waals surface area (Å²) in [6, 6.07) is 7.65. The first-order chi connectivity index (χ1) is 11.0. The molecular formula is C18H27N3O2. The molecule has 3 unspecified atom stereocenters. The third-order valence-corrected chi connectivity index (χ3v) is 4.93. The zero-order valence-electron chi connectivity index (χ0n) is 14.1. The summed E-state index contributed by atoms with van der Waals surface area (Å²) in [4.78, 5) is 17.3. The van der Waals surface area contributed by atoms with Crippen LogP contribution in [0.1, 0.15) is 30.6 Å². The highest BCUT2D eigenvalue weighted by Gasteiger charge is 2.34. The summed E-state index contributed by atoms with van der Waals surface area (Å²) in [6.45, 7) is 9.01. The van der Waals surface area contributed by atoms with Gasteiger partial charge in [0.25, 0.3) is 5.91 Å². The lowest BCUT2D eigenvalue weighted by Crippen LogP contribution is -2.59. The average molecular weight is 317 g/mol. The van der Waals surface area contributed by atoms with Gasteiger partial charge in [-0.15, -0.1) is 0 Å². The van der Waals surface area contributed by atoms with E-state index in [-0.39, 0.29) is 18.0 Å². The molecule has 5 heteroatoms. The number of carbonyl (C=O) groups excluding carboxylic acids is 1. The summed E-state index contributed by atoms with van der Waals surface area (Å²) in [7, 11) is 0. The second kappa shape index (κ2) is 6.89. The quantitative estimate of drug-likeness (QED) is 0.864. The maximum Gasteiger partial charge on any atom is 0.254 e. The summed E-state index contributed by atoms with van der Waals surface area (Å²) in [5.74, 6) is 0.752. The number of nitrogens with two attached hydrogens (primary N) is 1. The van der Waals surface area contributed by atoms with Gasteiger partial charge in [-0.1, -0.05) is 0 Å². The minimum absolute atomic E-state index is 0.105. The molecule has 2 fully saturated rings. The van der Waals surface area contributed by atoms with Crippen molar-refractivity contribution in [3.63, 3.8) is 0 Å². The Kier molecular flexibility index (Phi) is 4.87. The third kappa shape index (κ3) is 3.67. The van der Waals surface area contributed by atoms with Crippen molar-refractivity contribution < 1.29 is 9.53 Å². The van der Waals surface area contributed by atoms with Gasteiger partial charge in [0.2, 0.25) is 0 Å². The number of hydrogen-bond donors (Lipinski definition) is 1. The highest BCUT2D eigenvalue weighted by molar-refractivity contribution is 5.95. The second-order valence-electron chi connectivity index (χ2n) is 6.98. The Labute approximate surface area is 138 Å². The fourth-order valence-electron chi connectivity index (χ4n) is 3.85. The summed E-state index contributed by atoms with van der Waals surface area (Å²) in [5.41, 5.74) is 7.12.